The predicted molar refractivity (Wildman–Crippen MR) is 85.6 cm³/mol. The number of halogens is 3. The Morgan fingerprint density at radius 2 is 2.26 bits per heavy atom. The maximum absolute atomic E-state index is 13.0. The van der Waals surface area contributed by atoms with Crippen LogP contribution in [0.2, 0.25) is 5.02 Å². The first-order valence-corrected chi connectivity index (χ1v) is 7.80. The smallest absolute Gasteiger partial charge is 0.261 e. The zero-order valence-electron chi connectivity index (χ0n) is 12.7. The fourth-order valence-corrected chi connectivity index (χ4v) is 2.39. The molecule has 1 amide bonds. The van der Waals surface area contributed by atoms with Crippen LogP contribution in [0.15, 0.2) is 42.3 Å². The highest BCUT2D eigenvalue weighted by Crippen LogP contribution is 2.26. The van der Waals surface area contributed by atoms with Gasteiger partial charge in [-0.25, -0.2) is 8.78 Å². The lowest BCUT2D eigenvalue weighted by Gasteiger charge is -2.20. The summed E-state index contributed by atoms with van der Waals surface area (Å²) in [5.74, 6) is -0.683. The van der Waals surface area contributed by atoms with Crippen LogP contribution in [0.4, 0.5) is 8.78 Å². The standard InChI is InChI=1S/C17H18ClF2NO2/c1-2-15(23-16-8-7-13(20)9-14(16)18)17(22)21-10-11-3-5-12(19)6-4-11/h3,5-9,11,15H,2,4,10H2,1H3,(H,21,22). The first-order valence-electron chi connectivity index (χ1n) is 7.43. The summed E-state index contributed by atoms with van der Waals surface area (Å²) in [6.07, 6.45) is 4.88. The van der Waals surface area contributed by atoms with Crippen LogP contribution < -0.4 is 10.1 Å². The van der Waals surface area contributed by atoms with Crippen LogP contribution in [0.1, 0.15) is 19.8 Å². The van der Waals surface area contributed by atoms with Gasteiger partial charge >= 0.3 is 0 Å². The van der Waals surface area contributed by atoms with Gasteiger partial charge in [0.1, 0.15) is 17.4 Å². The summed E-state index contributed by atoms with van der Waals surface area (Å²) < 4.78 is 31.5. The molecule has 1 aromatic carbocycles. The molecule has 1 aromatic rings. The highest BCUT2D eigenvalue weighted by molar-refractivity contribution is 6.32. The predicted octanol–water partition coefficient (Wildman–Crippen LogP) is 4.18. The van der Waals surface area contributed by atoms with Gasteiger partial charge in [-0.1, -0.05) is 24.6 Å². The number of ether oxygens (including phenoxy) is 1. The number of hydrogen-bond donors (Lipinski definition) is 1. The minimum Gasteiger partial charge on any atom is -0.479 e. The second-order valence-corrected chi connectivity index (χ2v) is 5.69. The van der Waals surface area contributed by atoms with E-state index < -0.39 is 11.9 Å². The number of benzene rings is 1. The molecule has 2 unspecified atom stereocenters. The number of amides is 1. The summed E-state index contributed by atoms with van der Waals surface area (Å²) in [5.41, 5.74) is 0. The average molecular weight is 342 g/mol. The van der Waals surface area contributed by atoms with E-state index >= 15 is 0 Å². The molecule has 0 aromatic heterocycles. The summed E-state index contributed by atoms with van der Waals surface area (Å²) in [5, 5.41) is 2.90. The SMILES string of the molecule is CCC(Oc1ccc(F)cc1Cl)C(=O)NCC1C=CC(F)=CC1. The molecule has 6 heteroatoms. The molecule has 0 saturated heterocycles. The third-order valence-electron chi connectivity index (χ3n) is 3.51. The first kappa shape index (κ1) is 17.5. The lowest BCUT2D eigenvalue weighted by Crippen LogP contribution is -2.40. The fraction of sp³-hybridized carbons (Fsp3) is 0.353. The Morgan fingerprint density at radius 3 is 2.87 bits per heavy atom. The van der Waals surface area contributed by atoms with Crippen molar-refractivity contribution in [3.63, 3.8) is 0 Å². The van der Waals surface area contributed by atoms with Gasteiger partial charge < -0.3 is 10.1 Å². The highest BCUT2D eigenvalue weighted by Gasteiger charge is 2.20. The van der Waals surface area contributed by atoms with Crippen LogP contribution >= 0.6 is 11.6 Å². The van der Waals surface area contributed by atoms with Crippen molar-refractivity contribution >= 4 is 17.5 Å². The van der Waals surface area contributed by atoms with Gasteiger partial charge in [-0.15, -0.1) is 0 Å². The van der Waals surface area contributed by atoms with Crippen molar-refractivity contribution in [3.05, 3.63) is 53.1 Å². The number of nitrogens with one attached hydrogen (secondary N) is 1. The largest absolute Gasteiger partial charge is 0.479 e. The van der Waals surface area contributed by atoms with Crippen molar-refractivity contribution in [2.75, 3.05) is 6.54 Å². The van der Waals surface area contributed by atoms with Crippen LogP contribution in [0.25, 0.3) is 0 Å². The summed E-state index contributed by atoms with van der Waals surface area (Å²) in [7, 11) is 0. The van der Waals surface area contributed by atoms with Gasteiger partial charge in [-0.05, 0) is 49.1 Å². The van der Waals surface area contributed by atoms with Crippen molar-refractivity contribution in [1.82, 2.24) is 5.32 Å². The molecule has 0 saturated carbocycles. The lowest BCUT2D eigenvalue weighted by molar-refractivity contribution is -0.128. The molecular weight excluding hydrogens is 324 g/mol. The van der Waals surface area contributed by atoms with Crippen LogP contribution in [0, 0.1) is 11.7 Å². The van der Waals surface area contributed by atoms with Crippen molar-refractivity contribution in [3.8, 4) is 5.75 Å². The molecule has 124 valence electrons. The molecule has 0 fully saturated rings. The quantitative estimate of drug-likeness (QED) is 0.842. The van der Waals surface area contributed by atoms with E-state index in [-0.39, 0.29) is 28.4 Å². The van der Waals surface area contributed by atoms with Crippen LogP contribution in [0.5, 0.6) is 5.75 Å². The Kier molecular flexibility index (Phi) is 6.16. The molecule has 1 N–H and O–H groups in total. The van der Waals surface area contributed by atoms with E-state index in [1.165, 1.54) is 24.3 Å². The van der Waals surface area contributed by atoms with Gasteiger partial charge in [-0.3, -0.25) is 4.79 Å². The topological polar surface area (TPSA) is 38.3 Å². The lowest BCUT2D eigenvalue weighted by atomic mass is 10.0. The maximum atomic E-state index is 13.0. The fourth-order valence-electron chi connectivity index (χ4n) is 2.18. The Morgan fingerprint density at radius 1 is 1.48 bits per heavy atom. The van der Waals surface area contributed by atoms with Crippen LogP contribution in [-0.4, -0.2) is 18.6 Å². The molecule has 0 heterocycles. The summed E-state index contributed by atoms with van der Waals surface area (Å²) in [4.78, 5) is 12.2. The molecule has 23 heavy (non-hydrogen) atoms. The molecule has 0 spiro atoms. The molecule has 0 radical (unpaired) electrons. The normalized spacial score (nSPS) is 18.3. The maximum Gasteiger partial charge on any atom is 0.261 e. The zero-order chi connectivity index (χ0) is 16.8. The molecule has 1 aliphatic carbocycles. The highest BCUT2D eigenvalue weighted by atomic mass is 35.5. The van der Waals surface area contributed by atoms with E-state index in [1.807, 2.05) is 0 Å². The Bertz CT molecular complexity index is 631. The second-order valence-electron chi connectivity index (χ2n) is 5.28. The summed E-state index contributed by atoms with van der Waals surface area (Å²) >= 11 is 5.90. The molecule has 2 atom stereocenters. The first-order chi connectivity index (χ1) is 11.0. The summed E-state index contributed by atoms with van der Waals surface area (Å²) in [6, 6.07) is 3.75. The van der Waals surface area contributed by atoms with Crippen LogP contribution in [-0.2, 0) is 4.79 Å². The van der Waals surface area contributed by atoms with E-state index in [0.717, 1.165) is 6.07 Å². The Labute approximate surface area is 139 Å². The van der Waals surface area contributed by atoms with Gasteiger partial charge in [0.25, 0.3) is 5.91 Å². The van der Waals surface area contributed by atoms with E-state index in [0.29, 0.717) is 19.4 Å². The molecular formula is C17H18ClF2NO2. The zero-order valence-corrected chi connectivity index (χ0v) is 13.4. The number of carbonyl (C=O) groups is 1. The monoisotopic (exact) mass is 341 g/mol. The third-order valence-corrected chi connectivity index (χ3v) is 3.80. The van der Waals surface area contributed by atoms with Gasteiger partial charge in [-0.2, -0.15) is 0 Å². The second kappa shape index (κ2) is 8.11. The van der Waals surface area contributed by atoms with Crippen molar-refractivity contribution < 1.29 is 18.3 Å². The van der Waals surface area contributed by atoms with E-state index in [9.17, 15) is 13.6 Å². The summed E-state index contributed by atoms with van der Waals surface area (Å²) in [6.45, 7) is 2.20. The Hall–Kier alpha value is -1.88. The van der Waals surface area contributed by atoms with Crippen molar-refractivity contribution in [2.24, 2.45) is 5.92 Å². The number of carbonyl (C=O) groups excluding carboxylic acids is 1. The molecule has 2 rings (SSSR count). The van der Waals surface area contributed by atoms with Gasteiger partial charge in [0, 0.05) is 6.54 Å². The average Bonchev–Trinajstić information content (AvgIpc) is 2.53. The van der Waals surface area contributed by atoms with E-state index in [2.05, 4.69) is 5.32 Å². The molecule has 0 bridgehead atoms. The van der Waals surface area contributed by atoms with Crippen molar-refractivity contribution in [1.29, 1.82) is 0 Å². The Balaban J connectivity index is 1.89. The molecule has 1 aliphatic rings. The van der Waals surface area contributed by atoms with Gasteiger partial charge in [0.05, 0.1) is 5.02 Å². The third kappa shape index (κ3) is 5.06. The number of allylic oxidation sites excluding steroid dienone is 3. The molecule has 3 nitrogen and oxygen atoms in total. The van der Waals surface area contributed by atoms with E-state index in [1.54, 1.807) is 13.0 Å². The minimum atomic E-state index is -0.724. The number of hydrogen-bond acceptors (Lipinski definition) is 2. The molecule has 0 aliphatic heterocycles. The van der Waals surface area contributed by atoms with Gasteiger partial charge in [0.15, 0.2) is 6.10 Å². The van der Waals surface area contributed by atoms with Crippen LogP contribution in [0.3, 0.4) is 0 Å². The number of rotatable bonds is 6. The van der Waals surface area contributed by atoms with Crippen molar-refractivity contribution in [2.45, 2.75) is 25.9 Å². The van der Waals surface area contributed by atoms with Gasteiger partial charge in [0.2, 0.25) is 0 Å². The van der Waals surface area contributed by atoms with E-state index in [4.69, 9.17) is 16.3 Å². The minimum absolute atomic E-state index is 0.0605.